The van der Waals surface area contributed by atoms with Gasteiger partial charge in [0.25, 0.3) is 0 Å². The fraction of sp³-hybridized carbons (Fsp3) is 0.200. The van der Waals surface area contributed by atoms with Gasteiger partial charge in [-0.15, -0.1) is 0 Å². The van der Waals surface area contributed by atoms with Gasteiger partial charge in [-0.1, -0.05) is 30.3 Å². The summed E-state index contributed by atoms with van der Waals surface area (Å²) in [6.45, 7) is 3.61. The molecule has 0 saturated heterocycles. The van der Waals surface area contributed by atoms with E-state index >= 15 is 0 Å². The minimum atomic E-state index is -0.890. The number of nitrogens with one attached hydrogen (secondary N) is 1. The number of hydrogen-bond donors (Lipinski definition) is 2. The Labute approximate surface area is 209 Å². The fourth-order valence-electron chi connectivity index (χ4n) is 3.34. The zero-order valence-corrected chi connectivity index (χ0v) is 21.5. The van der Waals surface area contributed by atoms with E-state index in [2.05, 4.69) is 37.2 Å². The molecule has 0 spiro atoms. The SMILES string of the molecule is COC(=O)[C@@H](NC(=O)Cc1cc(Br)c(Oc2cc(C)c(O)c(C)c2)c(Br)c1)c1ccccc1. The molecule has 0 saturated carbocycles. The molecular weight excluding hydrogens is 554 g/mol. The average molecular weight is 577 g/mol. The molecule has 172 valence electrons. The quantitative estimate of drug-likeness (QED) is 0.342. The normalized spacial score (nSPS) is 11.5. The van der Waals surface area contributed by atoms with Crippen LogP contribution in [0.1, 0.15) is 28.3 Å². The van der Waals surface area contributed by atoms with E-state index in [0.717, 1.165) is 0 Å². The van der Waals surface area contributed by atoms with Crippen molar-refractivity contribution in [1.82, 2.24) is 5.32 Å². The third kappa shape index (κ3) is 6.15. The minimum Gasteiger partial charge on any atom is -0.507 e. The van der Waals surface area contributed by atoms with E-state index in [1.807, 2.05) is 6.07 Å². The molecule has 3 aromatic carbocycles. The fourth-order valence-corrected chi connectivity index (χ4v) is 4.79. The van der Waals surface area contributed by atoms with Gasteiger partial charge in [-0.2, -0.15) is 0 Å². The number of ether oxygens (including phenoxy) is 2. The van der Waals surface area contributed by atoms with Gasteiger partial charge in [0.05, 0.1) is 22.5 Å². The number of carbonyl (C=O) groups is 2. The average Bonchev–Trinajstić information content (AvgIpc) is 2.78. The molecule has 0 aromatic heterocycles. The van der Waals surface area contributed by atoms with Crippen molar-refractivity contribution in [3.05, 3.63) is 85.8 Å². The van der Waals surface area contributed by atoms with Crippen molar-refractivity contribution >= 4 is 43.7 Å². The van der Waals surface area contributed by atoms with Crippen LogP contribution in [-0.2, 0) is 20.7 Å². The highest BCUT2D eigenvalue weighted by Crippen LogP contribution is 2.39. The van der Waals surface area contributed by atoms with E-state index in [1.54, 1.807) is 62.4 Å². The third-order valence-electron chi connectivity index (χ3n) is 4.98. The van der Waals surface area contributed by atoms with Crippen LogP contribution in [0.3, 0.4) is 0 Å². The molecule has 0 aliphatic rings. The Morgan fingerprint density at radius 3 is 2.12 bits per heavy atom. The summed E-state index contributed by atoms with van der Waals surface area (Å²) in [6, 6.07) is 15.1. The van der Waals surface area contributed by atoms with Gasteiger partial charge in [0.15, 0.2) is 11.8 Å². The maximum absolute atomic E-state index is 12.7. The molecule has 0 heterocycles. The highest BCUT2D eigenvalue weighted by molar-refractivity contribution is 9.11. The lowest BCUT2D eigenvalue weighted by molar-refractivity contribution is -0.145. The molecule has 8 heteroatoms. The number of aryl methyl sites for hydroxylation is 2. The van der Waals surface area contributed by atoms with Crippen molar-refractivity contribution < 1.29 is 24.2 Å². The van der Waals surface area contributed by atoms with Gasteiger partial charge in [0.1, 0.15) is 11.5 Å². The number of rotatable bonds is 7. The molecule has 0 bridgehead atoms. The topological polar surface area (TPSA) is 84.9 Å². The minimum absolute atomic E-state index is 0.0508. The van der Waals surface area contributed by atoms with Crippen LogP contribution in [0.25, 0.3) is 0 Å². The highest BCUT2D eigenvalue weighted by Gasteiger charge is 2.23. The number of methoxy groups -OCH3 is 1. The highest BCUT2D eigenvalue weighted by atomic mass is 79.9. The van der Waals surface area contributed by atoms with E-state index < -0.39 is 12.0 Å². The lowest BCUT2D eigenvalue weighted by atomic mass is 10.1. The van der Waals surface area contributed by atoms with Crippen LogP contribution < -0.4 is 10.1 Å². The van der Waals surface area contributed by atoms with Crippen molar-refractivity contribution in [2.24, 2.45) is 0 Å². The van der Waals surface area contributed by atoms with Gasteiger partial charge in [-0.05, 0) is 92.2 Å². The Bertz CT molecular complexity index is 1130. The van der Waals surface area contributed by atoms with Gasteiger partial charge in [0, 0.05) is 0 Å². The molecule has 0 aliphatic carbocycles. The van der Waals surface area contributed by atoms with E-state index in [0.29, 0.717) is 42.7 Å². The summed E-state index contributed by atoms with van der Waals surface area (Å²) < 4.78 is 12.2. The summed E-state index contributed by atoms with van der Waals surface area (Å²) in [7, 11) is 1.29. The summed E-state index contributed by atoms with van der Waals surface area (Å²) in [6.07, 6.45) is 0.0508. The smallest absolute Gasteiger partial charge is 0.333 e. The number of phenols is 1. The second kappa shape index (κ2) is 10.9. The van der Waals surface area contributed by atoms with Crippen LogP contribution in [0.2, 0.25) is 0 Å². The van der Waals surface area contributed by atoms with Gasteiger partial charge in [-0.25, -0.2) is 4.79 Å². The predicted octanol–water partition coefficient (Wildman–Crippen LogP) is 5.90. The van der Waals surface area contributed by atoms with Crippen LogP contribution >= 0.6 is 31.9 Å². The second-order valence-corrected chi connectivity index (χ2v) is 9.22. The van der Waals surface area contributed by atoms with Crippen molar-refractivity contribution in [2.75, 3.05) is 7.11 Å². The number of benzene rings is 3. The third-order valence-corrected chi connectivity index (χ3v) is 6.16. The van der Waals surface area contributed by atoms with Crippen molar-refractivity contribution in [3.63, 3.8) is 0 Å². The number of amides is 1. The summed E-state index contributed by atoms with van der Waals surface area (Å²) in [5.41, 5.74) is 2.78. The van der Waals surface area contributed by atoms with Crippen molar-refractivity contribution in [2.45, 2.75) is 26.3 Å². The Morgan fingerprint density at radius 1 is 1.00 bits per heavy atom. The summed E-state index contributed by atoms with van der Waals surface area (Å²) in [5, 5.41) is 12.7. The molecule has 3 rings (SSSR count). The first-order chi connectivity index (χ1) is 15.7. The molecule has 0 radical (unpaired) electrons. The number of esters is 1. The molecule has 1 atom stereocenters. The first-order valence-electron chi connectivity index (χ1n) is 10.1. The van der Waals surface area contributed by atoms with Gasteiger partial charge >= 0.3 is 5.97 Å². The van der Waals surface area contributed by atoms with E-state index in [9.17, 15) is 14.7 Å². The summed E-state index contributed by atoms with van der Waals surface area (Å²) in [5.74, 6) is 0.494. The number of carbonyl (C=O) groups excluding carboxylic acids is 2. The molecule has 33 heavy (non-hydrogen) atoms. The Morgan fingerprint density at radius 2 is 1.58 bits per heavy atom. The lowest BCUT2D eigenvalue weighted by Crippen LogP contribution is -2.35. The number of aromatic hydroxyl groups is 1. The Balaban J connectivity index is 1.76. The van der Waals surface area contributed by atoms with E-state index in [1.165, 1.54) is 7.11 Å². The summed E-state index contributed by atoms with van der Waals surface area (Å²) in [4.78, 5) is 24.9. The largest absolute Gasteiger partial charge is 0.507 e. The zero-order chi connectivity index (χ0) is 24.1. The van der Waals surface area contributed by atoms with Crippen molar-refractivity contribution in [3.8, 4) is 17.2 Å². The lowest BCUT2D eigenvalue weighted by Gasteiger charge is -2.17. The standard InChI is InChI=1S/C25H23Br2NO5/c1-14-9-18(10-15(2)23(14)30)33-24-19(26)11-16(12-20(24)27)13-21(29)28-22(25(31)32-3)17-7-5-4-6-8-17/h4-12,22,30H,13H2,1-3H3,(H,28,29)/t22-/m0/s1. The molecule has 3 aromatic rings. The van der Waals surface area contributed by atoms with Crippen LogP contribution in [-0.4, -0.2) is 24.1 Å². The monoisotopic (exact) mass is 575 g/mol. The number of hydrogen-bond acceptors (Lipinski definition) is 5. The van der Waals surface area contributed by atoms with Crippen LogP contribution in [0, 0.1) is 13.8 Å². The first-order valence-corrected chi connectivity index (χ1v) is 11.7. The molecule has 2 N–H and O–H groups in total. The molecule has 1 amide bonds. The first kappa shape index (κ1) is 24.8. The van der Waals surface area contributed by atoms with Crippen LogP contribution in [0.15, 0.2) is 63.5 Å². The summed E-state index contributed by atoms with van der Waals surface area (Å²) >= 11 is 7.02. The van der Waals surface area contributed by atoms with Crippen molar-refractivity contribution in [1.29, 1.82) is 0 Å². The zero-order valence-electron chi connectivity index (χ0n) is 18.3. The molecule has 0 fully saturated rings. The van der Waals surface area contributed by atoms with Crippen LogP contribution in [0.5, 0.6) is 17.2 Å². The number of phenolic OH excluding ortho intramolecular Hbond substituents is 1. The maximum atomic E-state index is 12.7. The van der Waals surface area contributed by atoms with Crippen LogP contribution in [0.4, 0.5) is 0 Å². The van der Waals surface area contributed by atoms with Gasteiger partial charge < -0.3 is 19.9 Å². The molecule has 0 unspecified atom stereocenters. The predicted molar refractivity (Wildman–Crippen MR) is 133 cm³/mol. The number of halogens is 2. The molecular formula is C25H23Br2NO5. The van der Waals surface area contributed by atoms with Gasteiger partial charge in [-0.3, -0.25) is 4.79 Å². The molecule has 6 nitrogen and oxygen atoms in total. The Hall–Kier alpha value is -2.84. The van der Waals surface area contributed by atoms with E-state index in [4.69, 9.17) is 9.47 Å². The molecule has 0 aliphatic heterocycles. The van der Waals surface area contributed by atoms with E-state index in [-0.39, 0.29) is 18.1 Å². The van der Waals surface area contributed by atoms with Gasteiger partial charge in [0.2, 0.25) is 5.91 Å². The Kier molecular flexibility index (Phi) is 8.15. The second-order valence-electron chi connectivity index (χ2n) is 7.51. The maximum Gasteiger partial charge on any atom is 0.333 e.